The molecule has 1 aliphatic heterocycles. The maximum atomic E-state index is 12.7. The van der Waals surface area contributed by atoms with Gasteiger partial charge in [-0.05, 0) is 50.7 Å². The molecule has 1 saturated carbocycles. The van der Waals surface area contributed by atoms with Gasteiger partial charge in [0.15, 0.2) is 5.82 Å². The fourth-order valence-electron chi connectivity index (χ4n) is 4.55. The number of H-pyrrole nitrogens is 1. The molecule has 2 fully saturated rings. The highest BCUT2D eigenvalue weighted by atomic mass is 16.2. The van der Waals surface area contributed by atoms with Crippen molar-refractivity contribution in [2.45, 2.75) is 64.2 Å². The number of nitrogens with zero attached hydrogens (tertiary/aromatic N) is 3. The van der Waals surface area contributed by atoms with Gasteiger partial charge in [-0.3, -0.25) is 9.89 Å². The molecule has 2 aliphatic rings. The molecule has 28 heavy (non-hydrogen) atoms. The summed E-state index contributed by atoms with van der Waals surface area (Å²) in [6.45, 7) is 3.69. The van der Waals surface area contributed by atoms with Crippen LogP contribution in [0.1, 0.15) is 68.7 Å². The molecule has 2 aromatic heterocycles. The minimum atomic E-state index is 0.364. The summed E-state index contributed by atoms with van der Waals surface area (Å²) < 4.78 is 0. The third-order valence-corrected chi connectivity index (χ3v) is 6.19. The van der Waals surface area contributed by atoms with Gasteiger partial charge in [0, 0.05) is 42.9 Å². The van der Waals surface area contributed by atoms with E-state index in [4.69, 9.17) is 4.98 Å². The number of aromatic amines is 1. The van der Waals surface area contributed by atoms with Gasteiger partial charge in [-0.15, -0.1) is 0 Å². The van der Waals surface area contributed by atoms with Crippen LogP contribution in [0.25, 0.3) is 0 Å². The van der Waals surface area contributed by atoms with Crippen molar-refractivity contribution in [3.05, 3.63) is 35.7 Å². The van der Waals surface area contributed by atoms with E-state index in [1.165, 1.54) is 32.1 Å². The summed E-state index contributed by atoms with van der Waals surface area (Å²) in [5.74, 6) is 3.00. The van der Waals surface area contributed by atoms with E-state index >= 15 is 0 Å². The van der Waals surface area contributed by atoms with Crippen molar-refractivity contribution in [2.24, 2.45) is 5.92 Å². The van der Waals surface area contributed by atoms with E-state index in [9.17, 15) is 4.79 Å². The first-order valence-electron chi connectivity index (χ1n) is 10.7. The van der Waals surface area contributed by atoms with Crippen LogP contribution in [0, 0.1) is 12.8 Å². The molecule has 0 aromatic carbocycles. The molecule has 1 amide bonds. The van der Waals surface area contributed by atoms with Crippen molar-refractivity contribution in [1.29, 1.82) is 0 Å². The lowest BCUT2D eigenvalue weighted by Crippen LogP contribution is -2.39. The Balaban J connectivity index is 1.30. The molecule has 3 heterocycles. The van der Waals surface area contributed by atoms with Gasteiger partial charge in [0.2, 0.25) is 5.91 Å². The molecule has 0 bridgehead atoms. The van der Waals surface area contributed by atoms with E-state index in [0.29, 0.717) is 17.7 Å². The third kappa shape index (κ3) is 4.72. The monoisotopic (exact) mass is 381 g/mol. The molecule has 0 radical (unpaired) electrons. The van der Waals surface area contributed by atoms with Gasteiger partial charge in [0.05, 0.1) is 0 Å². The zero-order valence-electron chi connectivity index (χ0n) is 16.8. The highest BCUT2D eigenvalue weighted by Crippen LogP contribution is 2.30. The Hall–Kier alpha value is -2.37. The number of piperidine rings is 1. The molecule has 1 aliphatic carbocycles. The SMILES string of the molecule is Cc1cc(Nc2cccc(C3CCN(C(=O)CC4CCCCC4)CC3)n2)n[nH]1. The van der Waals surface area contributed by atoms with E-state index in [0.717, 1.165) is 55.4 Å². The minimum absolute atomic E-state index is 0.364. The van der Waals surface area contributed by atoms with E-state index in [1.807, 2.05) is 25.1 Å². The third-order valence-electron chi connectivity index (χ3n) is 6.19. The summed E-state index contributed by atoms with van der Waals surface area (Å²) in [6, 6.07) is 8.08. The number of rotatable bonds is 5. The number of carbonyl (C=O) groups excluding carboxylic acids is 1. The van der Waals surface area contributed by atoms with E-state index in [-0.39, 0.29) is 0 Å². The number of hydrogen-bond donors (Lipinski definition) is 2. The zero-order chi connectivity index (χ0) is 19.3. The second-order valence-electron chi connectivity index (χ2n) is 8.37. The number of carbonyl (C=O) groups is 1. The summed E-state index contributed by atoms with van der Waals surface area (Å²) >= 11 is 0. The Kier molecular flexibility index (Phi) is 5.93. The predicted octanol–water partition coefficient (Wildman–Crippen LogP) is 4.53. The number of nitrogens with one attached hydrogen (secondary N) is 2. The summed E-state index contributed by atoms with van der Waals surface area (Å²) in [6.07, 6.45) is 9.16. The maximum Gasteiger partial charge on any atom is 0.222 e. The number of aryl methyl sites for hydroxylation is 1. The highest BCUT2D eigenvalue weighted by Gasteiger charge is 2.26. The van der Waals surface area contributed by atoms with Crippen LogP contribution in [0.5, 0.6) is 0 Å². The topological polar surface area (TPSA) is 73.9 Å². The smallest absolute Gasteiger partial charge is 0.222 e. The molecular formula is C22H31N5O. The number of hydrogen-bond acceptors (Lipinski definition) is 4. The summed E-state index contributed by atoms with van der Waals surface area (Å²) in [5, 5.41) is 10.4. The zero-order valence-corrected chi connectivity index (χ0v) is 16.8. The Bertz CT molecular complexity index is 788. The van der Waals surface area contributed by atoms with Crippen molar-refractivity contribution < 1.29 is 4.79 Å². The Labute approximate surface area is 167 Å². The average molecular weight is 382 g/mol. The van der Waals surface area contributed by atoms with E-state index < -0.39 is 0 Å². The van der Waals surface area contributed by atoms with Gasteiger partial charge in [-0.1, -0.05) is 25.3 Å². The predicted molar refractivity (Wildman–Crippen MR) is 111 cm³/mol. The standard InChI is InChI=1S/C22H31N5O/c1-16-14-21(26-25-16)24-20-9-5-8-19(23-20)18-10-12-27(13-11-18)22(28)15-17-6-3-2-4-7-17/h5,8-9,14,17-18H,2-4,6-7,10-13,15H2,1H3,(H2,23,24,25,26). The van der Waals surface area contributed by atoms with Crippen molar-refractivity contribution >= 4 is 17.5 Å². The molecule has 2 N–H and O–H groups in total. The lowest BCUT2D eigenvalue weighted by atomic mass is 9.86. The molecular weight excluding hydrogens is 350 g/mol. The average Bonchev–Trinajstić information content (AvgIpc) is 3.13. The second kappa shape index (κ2) is 8.76. The fourth-order valence-corrected chi connectivity index (χ4v) is 4.55. The van der Waals surface area contributed by atoms with Crippen LogP contribution in [0.15, 0.2) is 24.3 Å². The maximum absolute atomic E-state index is 12.7. The van der Waals surface area contributed by atoms with Crippen LogP contribution in [-0.2, 0) is 4.79 Å². The quantitative estimate of drug-likeness (QED) is 0.798. The van der Waals surface area contributed by atoms with Gasteiger partial charge in [-0.2, -0.15) is 5.10 Å². The van der Waals surface area contributed by atoms with E-state index in [1.54, 1.807) is 0 Å². The second-order valence-corrected chi connectivity index (χ2v) is 8.37. The van der Waals surface area contributed by atoms with Gasteiger partial charge in [0.1, 0.15) is 5.82 Å². The molecule has 1 saturated heterocycles. The van der Waals surface area contributed by atoms with Crippen molar-refractivity contribution in [3.63, 3.8) is 0 Å². The Morgan fingerprint density at radius 3 is 2.64 bits per heavy atom. The number of likely N-dealkylation sites (tertiary alicyclic amines) is 1. The number of aromatic nitrogens is 3. The number of anilines is 2. The fraction of sp³-hybridized carbons (Fsp3) is 0.591. The summed E-state index contributed by atoms with van der Waals surface area (Å²) in [5.41, 5.74) is 2.13. The molecule has 150 valence electrons. The molecule has 0 atom stereocenters. The number of pyridine rings is 1. The van der Waals surface area contributed by atoms with Crippen LogP contribution in [0.2, 0.25) is 0 Å². The first-order valence-corrected chi connectivity index (χ1v) is 10.7. The summed E-state index contributed by atoms with van der Waals surface area (Å²) in [7, 11) is 0. The van der Waals surface area contributed by atoms with Gasteiger partial charge >= 0.3 is 0 Å². The van der Waals surface area contributed by atoms with Crippen LogP contribution in [0.3, 0.4) is 0 Å². The van der Waals surface area contributed by atoms with Crippen molar-refractivity contribution in [1.82, 2.24) is 20.1 Å². The van der Waals surface area contributed by atoms with Crippen LogP contribution in [-0.4, -0.2) is 39.1 Å². The first-order chi connectivity index (χ1) is 13.7. The largest absolute Gasteiger partial charge is 0.343 e. The van der Waals surface area contributed by atoms with Crippen LogP contribution >= 0.6 is 0 Å². The normalized spacial score (nSPS) is 19.0. The lowest BCUT2D eigenvalue weighted by molar-refractivity contribution is -0.133. The highest BCUT2D eigenvalue weighted by molar-refractivity contribution is 5.76. The first kappa shape index (κ1) is 19.0. The van der Waals surface area contributed by atoms with Gasteiger partial charge < -0.3 is 10.2 Å². The molecule has 0 unspecified atom stereocenters. The molecule has 4 rings (SSSR count). The Morgan fingerprint density at radius 2 is 1.93 bits per heavy atom. The minimum Gasteiger partial charge on any atom is -0.343 e. The molecule has 2 aromatic rings. The van der Waals surface area contributed by atoms with Crippen LogP contribution < -0.4 is 5.32 Å². The summed E-state index contributed by atoms with van der Waals surface area (Å²) in [4.78, 5) is 19.5. The van der Waals surface area contributed by atoms with Crippen LogP contribution in [0.4, 0.5) is 11.6 Å². The number of amides is 1. The van der Waals surface area contributed by atoms with Crippen molar-refractivity contribution in [3.8, 4) is 0 Å². The van der Waals surface area contributed by atoms with Gasteiger partial charge in [0.25, 0.3) is 0 Å². The van der Waals surface area contributed by atoms with Gasteiger partial charge in [-0.25, -0.2) is 4.98 Å². The lowest BCUT2D eigenvalue weighted by Gasteiger charge is -2.33. The molecule has 6 nitrogen and oxygen atoms in total. The molecule has 0 spiro atoms. The molecule has 6 heteroatoms. The van der Waals surface area contributed by atoms with E-state index in [2.05, 4.69) is 26.5 Å². The van der Waals surface area contributed by atoms with Crippen molar-refractivity contribution in [2.75, 3.05) is 18.4 Å². The Morgan fingerprint density at radius 1 is 1.14 bits per heavy atom.